The summed E-state index contributed by atoms with van der Waals surface area (Å²) in [5.74, 6) is 2.22. The number of benzene rings is 1. The van der Waals surface area contributed by atoms with Crippen LogP contribution in [-0.4, -0.2) is 9.97 Å². The molecule has 0 fully saturated rings. The van der Waals surface area contributed by atoms with E-state index < -0.39 is 0 Å². The second-order valence-corrected chi connectivity index (χ2v) is 4.72. The Morgan fingerprint density at radius 2 is 1.95 bits per heavy atom. The molecule has 0 saturated carbocycles. The number of anilines is 1. The smallest absolute Gasteiger partial charge is 0.130 e. The number of hydrogen-bond acceptors (Lipinski definition) is 3. The van der Waals surface area contributed by atoms with Crippen LogP contribution in [0.15, 0.2) is 30.3 Å². The molecule has 0 unspecified atom stereocenters. The van der Waals surface area contributed by atoms with Gasteiger partial charge < -0.3 is 5.32 Å². The summed E-state index contributed by atoms with van der Waals surface area (Å²) in [6.07, 6.45) is 0.916. The van der Waals surface area contributed by atoms with Gasteiger partial charge in [0.05, 0.1) is 0 Å². The molecule has 0 amide bonds. The van der Waals surface area contributed by atoms with Crippen LogP contribution in [0.4, 0.5) is 5.82 Å². The topological polar surface area (TPSA) is 37.8 Å². The number of aromatic nitrogens is 2. The molecule has 1 N–H and O–H groups in total. The molecule has 0 saturated heterocycles. The summed E-state index contributed by atoms with van der Waals surface area (Å²) in [5.41, 5.74) is 3.39. The first-order chi connectivity index (χ1) is 9.21. The van der Waals surface area contributed by atoms with E-state index in [0.29, 0.717) is 5.88 Å². The van der Waals surface area contributed by atoms with Crippen molar-refractivity contribution in [2.45, 2.75) is 32.7 Å². The third kappa shape index (κ3) is 3.93. The second kappa shape index (κ2) is 6.53. The molecular formula is C15H18ClN3. The molecule has 19 heavy (non-hydrogen) atoms. The van der Waals surface area contributed by atoms with Gasteiger partial charge in [-0.2, -0.15) is 0 Å². The fourth-order valence-electron chi connectivity index (χ4n) is 1.92. The van der Waals surface area contributed by atoms with Gasteiger partial charge in [0.25, 0.3) is 0 Å². The largest absolute Gasteiger partial charge is 0.366 e. The molecule has 0 bridgehead atoms. The molecule has 1 aromatic carbocycles. The van der Waals surface area contributed by atoms with Crippen molar-refractivity contribution in [3.8, 4) is 0 Å². The van der Waals surface area contributed by atoms with Gasteiger partial charge in [-0.05, 0) is 24.5 Å². The van der Waals surface area contributed by atoms with E-state index >= 15 is 0 Å². The Bertz CT molecular complexity index is 555. The molecule has 0 aliphatic heterocycles. The Labute approximate surface area is 119 Å². The van der Waals surface area contributed by atoms with Crippen molar-refractivity contribution < 1.29 is 0 Å². The van der Waals surface area contributed by atoms with E-state index in [0.717, 1.165) is 35.9 Å². The summed E-state index contributed by atoms with van der Waals surface area (Å²) in [7, 11) is 0. The van der Waals surface area contributed by atoms with Crippen molar-refractivity contribution in [1.82, 2.24) is 9.97 Å². The molecule has 3 nitrogen and oxygen atoms in total. The molecule has 0 atom stereocenters. The van der Waals surface area contributed by atoms with Crippen molar-refractivity contribution in [3.63, 3.8) is 0 Å². The molecule has 1 aromatic heterocycles. The lowest BCUT2D eigenvalue weighted by Gasteiger charge is -2.08. The summed E-state index contributed by atoms with van der Waals surface area (Å²) in [6.45, 7) is 4.75. The summed E-state index contributed by atoms with van der Waals surface area (Å²) >= 11 is 5.84. The zero-order valence-corrected chi connectivity index (χ0v) is 12.0. The van der Waals surface area contributed by atoms with Gasteiger partial charge in [-0.1, -0.05) is 31.2 Å². The van der Waals surface area contributed by atoms with E-state index in [1.165, 1.54) is 5.56 Å². The van der Waals surface area contributed by atoms with Crippen LogP contribution in [0, 0.1) is 6.92 Å². The lowest BCUT2D eigenvalue weighted by Crippen LogP contribution is -2.05. The Morgan fingerprint density at radius 3 is 2.68 bits per heavy atom. The van der Waals surface area contributed by atoms with Crippen LogP contribution in [0.25, 0.3) is 0 Å². The molecule has 1 heterocycles. The number of rotatable bonds is 5. The van der Waals surface area contributed by atoms with E-state index in [4.69, 9.17) is 11.6 Å². The first kappa shape index (κ1) is 13.8. The van der Waals surface area contributed by atoms with Crippen LogP contribution in [0.3, 0.4) is 0 Å². The van der Waals surface area contributed by atoms with Crippen molar-refractivity contribution in [2.24, 2.45) is 0 Å². The lowest BCUT2D eigenvalue weighted by molar-refractivity contribution is 0.941. The predicted octanol–water partition coefficient (Wildman–Crippen LogP) is 3.70. The number of alkyl halides is 1. The minimum Gasteiger partial charge on any atom is -0.366 e. The summed E-state index contributed by atoms with van der Waals surface area (Å²) < 4.78 is 0. The Hall–Kier alpha value is -1.61. The molecule has 0 spiro atoms. The van der Waals surface area contributed by atoms with Gasteiger partial charge in [-0.25, -0.2) is 9.97 Å². The maximum Gasteiger partial charge on any atom is 0.130 e. The lowest BCUT2D eigenvalue weighted by atomic mass is 10.1. The monoisotopic (exact) mass is 275 g/mol. The summed E-state index contributed by atoms with van der Waals surface area (Å²) in [5, 5.41) is 3.33. The quantitative estimate of drug-likeness (QED) is 0.846. The van der Waals surface area contributed by atoms with E-state index in [2.05, 4.69) is 34.3 Å². The average Bonchev–Trinajstić information content (AvgIpc) is 2.44. The van der Waals surface area contributed by atoms with Crippen LogP contribution < -0.4 is 5.32 Å². The fourth-order valence-corrected chi connectivity index (χ4v) is 2.08. The van der Waals surface area contributed by atoms with Crippen LogP contribution in [-0.2, 0) is 18.8 Å². The SMILES string of the molecule is CCc1cc(NCc2cccc(CCl)c2)nc(C)n1. The van der Waals surface area contributed by atoms with Crippen LogP contribution in [0.1, 0.15) is 29.6 Å². The van der Waals surface area contributed by atoms with Gasteiger partial charge in [-0.15, -0.1) is 11.6 Å². The first-order valence-electron chi connectivity index (χ1n) is 6.43. The number of nitrogens with zero attached hydrogens (tertiary/aromatic N) is 2. The van der Waals surface area contributed by atoms with E-state index in [-0.39, 0.29) is 0 Å². The zero-order chi connectivity index (χ0) is 13.7. The second-order valence-electron chi connectivity index (χ2n) is 4.45. The van der Waals surface area contributed by atoms with Gasteiger partial charge in [-0.3, -0.25) is 0 Å². The van der Waals surface area contributed by atoms with Crippen molar-refractivity contribution >= 4 is 17.4 Å². The van der Waals surface area contributed by atoms with Gasteiger partial charge in [0, 0.05) is 24.2 Å². The standard InChI is InChI=1S/C15H18ClN3/c1-3-14-8-15(19-11(2)18-14)17-10-13-6-4-5-12(7-13)9-16/h4-8H,3,9-10H2,1-2H3,(H,17,18,19). The normalized spacial score (nSPS) is 10.5. The van der Waals surface area contributed by atoms with E-state index in [1.807, 2.05) is 25.1 Å². The van der Waals surface area contributed by atoms with Crippen LogP contribution >= 0.6 is 11.6 Å². The highest BCUT2D eigenvalue weighted by Crippen LogP contribution is 2.11. The number of hydrogen-bond donors (Lipinski definition) is 1. The van der Waals surface area contributed by atoms with Crippen molar-refractivity contribution in [2.75, 3.05) is 5.32 Å². The Balaban J connectivity index is 2.07. The van der Waals surface area contributed by atoms with Gasteiger partial charge in [0.1, 0.15) is 11.6 Å². The van der Waals surface area contributed by atoms with Crippen LogP contribution in [0.5, 0.6) is 0 Å². The highest BCUT2D eigenvalue weighted by atomic mass is 35.5. The molecule has 2 rings (SSSR count). The maximum atomic E-state index is 5.84. The Kier molecular flexibility index (Phi) is 4.74. The molecule has 2 aromatic rings. The summed E-state index contributed by atoms with van der Waals surface area (Å²) in [4.78, 5) is 8.76. The average molecular weight is 276 g/mol. The maximum absolute atomic E-state index is 5.84. The highest BCUT2D eigenvalue weighted by molar-refractivity contribution is 6.17. The van der Waals surface area contributed by atoms with E-state index in [9.17, 15) is 0 Å². The van der Waals surface area contributed by atoms with Gasteiger partial charge in [0.15, 0.2) is 0 Å². The molecule has 0 radical (unpaired) electrons. The molecule has 4 heteroatoms. The van der Waals surface area contributed by atoms with E-state index in [1.54, 1.807) is 0 Å². The number of halogens is 1. The van der Waals surface area contributed by atoms with Crippen molar-refractivity contribution in [3.05, 3.63) is 53.0 Å². The first-order valence-corrected chi connectivity index (χ1v) is 6.97. The van der Waals surface area contributed by atoms with Gasteiger partial charge in [0.2, 0.25) is 0 Å². The zero-order valence-electron chi connectivity index (χ0n) is 11.3. The molecule has 0 aliphatic carbocycles. The third-order valence-corrected chi connectivity index (χ3v) is 3.18. The third-order valence-electron chi connectivity index (χ3n) is 2.87. The van der Waals surface area contributed by atoms with Gasteiger partial charge >= 0.3 is 0 Å². The molecule has 0 aliphatic rings. The Morgan fingerprint density at radius 1 is 1.16 bits per heavy atom. The molecular weight excluding hydrogens is 258 g/mol. The number of nitrogens with one attached hydrogen (secondary N) is 1. The number of aryl methyl sites for hydroxylation is 2. The minimum atomic E-state index is 0.542. The van der Waals surface area contributed by atoms with Crippen LogP contribution in [0.2, 0.25) is 0 Å². The highest BCUT2D eigenvalue weighted by Gasteiger charge is 2.01. The predicted molar refractivity (Wildman–Crippen MR) is 79.5 cm³/mol. The molecule has 100 valence electrons. The fraction of sp³-hybridized carbons (Fsp3) is 0.333. The summed E-state index contributed by atoms with van der Waals surface area (Å²) in [6, 6.07) is 10.2. The minimum absolute atomic E-state index is 0.542. The van der Waals surface area contributed by atoms with Crippen molar-refractivity contribution in [1.29, 1.82) is 0 Å².